The molecule has 0 aliphatic carbocycles. The van der Waals surface area contributed by atoms with Gasteiger partial charge in [0.25, 0.3) is 0 Å². The van der Waals surface area contributed by atoms with Crippen molar-refractivity contribution in [1.29, 1.82) is 0 Å². The summed E-state index contributed by atoms with van der Waals surface area (Å²) >= 11 is 1.30. The second-order valence-electron chi connectivity index (χ2n) is 9.57. The number of benzene rings is 4. The van der Waals surface area contributed by atoms with Crippen LogP contribution in [0.15, 0.2) is 91.0 Å². The minimum atomic E-state index is -0.972. The summed E-state index contributed by atoms with van der Waals surface area (Å²) in [5.74, 6) is -2.82. The molecule has 8 heteroatoms. The SMILES string of the molecule is O=C(CC(CCCc1ccccc1)C(=O)O)c1ccc(-c2ccc(Nc3nc4cc(F)ccc4s3)c(F)c2)cc1. The Hall–Kier alpha value is -4.43. The molecule has 5 nitrogen and oxygen atoms in total. The number of aromatic nitrogens is 1. The van der Waals surface area contributed by atoms with Gasteiger partial charge in [-0.1, -0.05) is 72.0 Å². The Bertz CT molecular complexity index is 1650. The number of carbonyl (C=O) groups excluding carboxylic acids is 1. The van der Waals surface area contributed by atoms with Gasteiger partial charge in [0.1, 0.15) is 11.6 Å². The maximum Gasteiger partial charge on any atom is 0.306 e. The van der Waals surface area contributed by atoms with Crippen LogP contribution in [0, 0.1) is 17.6 Å². The molecular formula is C32H26F2N2O3S. The molecule has 0 aliphatic rings. The van der Waals surface area contributed by atoms with E-state index in [0.717, 1.165) is 22.2 Å². The first kappa shape index (κ1) is 27.1. The molecule has 202 valence electrons. The lowest BCUT2D eigenvalue weighted by Crippen LogP contribution is -2.18. The van der Waals surface area contributed by atoms with Crippen molar-refractivity contribution in [3.8, 4) is 11.1 Å². The lowest BCUT2D eigenvalue weighted by atomic mass is 9.92. The molecule has 0 spiro atoms. The van der Waals surface area contributed by atoms with E-state index in [2.05, 4.69) is 10.3 Å². The zero-order chi connectivity index (χ0) is 28.1. The maximum atomic E-state index is 14.9. The number of aliphatic carboxylic acids is 1. The zero-order valence-electron chi connectivity index (χ0n) is 21.4. The number of nitrogens with zero attached hydrogens (tertiary/aromatic N) is 1. The van der Waals surface area contributed by atoms with Crippen LogP contribution in [0.5, 0.6) is 0 Å². The summed E-state index contributed by atoms with van der Waals surface area (Å²) in [5, 5.41) is 13.0. The van der Waals surface area contributed by atoms with Crippen LogP contribution >= 0.6 is 11.3 Å². The summed E-state index contributed by atoms with van der Waals surface area (Å²) in [5.41, 5.74) is 3.64. The first-order valence-corrected chi connectivity index (χ1v) is 13.7. The van der Waals surface area contributed by atoms with E-state index < -0.39 is 17.7 Å². The molecule has 0 bridgehead atoms. The van der Waals surface area contributed by atoms with E-state index in [9.17, 15) is 23.5 Å². The van der Waals surface area contributed by atoms with E-state index in [-0.39, 0.29) is 23.7 Å². The second-order valence-corrected chi connectivity index (χ2v) is 10.6. The quantitative estimate of drug-likeness (QED) is 0.160. The van der Waals surface area contributed by atoms with Crippen molar-refractivity contribution in [1.82, 2.24) is 4.98 Å². The van der Waals surface area contributed by atoms with Gasteiger partial charge < -0.3 is 10.4 Å². The van der Waals surface area contributed by atoms with Crippen molar-refractivity contribution in [3.63, 3.8) is 0 Å². The number of rotatable bonds is 11. The largest absolute Gasteiger partial charge is 0.481 e. The summed E-state index contributed by atoms with van der Waals surface area (Å²) in [4.78, 5) is 28.9. The lowest BCUT2D eigenvalue weighted by molar-refractivity contribution is -0.141. The smallest absolute Gasteiger partial charge is 0.306 e. The molecule has 40 heavy (non-hydrogen) atoms. The predicted molar refractivity (Wildman–Crippen MR) is 154 cm³/mol. The van der Waals surface area contributed by atoms with E-state index in [0.29, 0.717) is 34.6 Å². The normalized spacial score (nSPS) is 11.8. The zero-order valence-corrected chi connectivity index (χ0v) is 22.3. The van der Waals surface area contributed by atoms with E-state index >= 15 is 0 Å². The van der Waals surface area contributed by atoms with Crippen molar-refractivity contribution < 1.29 is 23.5 Å². The third-order valence-electron chi connectivity index (χ3n) is 6.74. The van der Waals surface area contributed by atoms with Gasteiger partial charge in [0.2, 0.25) is 0 Å². The van der Waals surface area contributed by atoms with Crippen LogP contribution in [0.1, 0.15) is 35.2 Å². The molecule has 0 aliphatic heterocycles. The molecule has 0 radical (unpaired) electrons. The number of thiazole rings is 1. The first-order chi connectivity index (χ1) is 19.4. The van der Waals surface area contributed by atoms with Gasteiger partial charge in [0.15, 0.2) is 10.9 Å². The highest BCUT2D eigenvalue weighted by molar-refractivity contribution is 7.22. The Morgan fingerprint density at radius 2 is 1.65 bits per heavy atom. The molecule has 1 aromatic heterocycles. The van der Waals surface area contributed by atoms with E-state index in [1.807, 2.05) is 30.3 Å². The minimum Gasteiger partial charge on any atom is -0.481 e. The number of aryl methyl sites for hydroxylation is 1. The Morgan fingerprint density at radius 3 is 2.38 bits per heavy atom. The molecule has 0 amide bonds. The Labute approximate surface area is 234 Å². The fourth-order valence-corrected chi connectivity index (χ4v) is 5.42. The lowest BCUT2D eigenvalue weighted by Gasteiger charge is -2.12. The summed E-state index contributed by atoms with van der Waals surface area (Å²) in [6.07, 6.45) is 1.79. The van der Waals surface area contributed by atoms with Gasteiger partial charge in [0, 0.05) is 18.1 Å². The predicted octanol–water partition coefficient (Wildman–Crippen LogP) is 8.28. The van der Waals surface area contributed by atoms with Crippen molar-refractivity contribution in [2.24, 2.45) is 5.92 Å². The first-order valence-electron chi connectivity index (χ1n) is 12.9. The van der Waals surface area contributed by atoms with Gasteiger partial charge in [-0.05, 0) is 60.2 Å². The van der Waals surface area contributed by atoms with Gasteiger partial charge in [-0.25, -0.2) is 13.8 Å². The molecule has 1 unspecified atom stereocenters. The van der Waals surface area contributed by atoms with Crippen molar-refractivity contribution >= 4 is 44.1 Å². The van der Waals surface area contributed by atoms with E-state index in [1.165, 1.54) is 29.5 Å². The number of carbonyl (C=O) groups is 2. The average Bonchev–Trinajstić information content (AvgIpc) is 3.35. The summed E-state index contributed by atoms with van der Waals surface area (Å²) in [7, 11) is 0. The van der Waals surface area contributed by atoms with Gasteiger partial charge in [-0.15, -0.1) is 0 Å². The number of ketones is 1. The molecule has 5 aromatic rings. The fraction of sp³-hybridized carbons (Fsp3) is 0.156. The number of anilines is 2. The average molecular weight is 557 g/mol. The number of hydrogen-bond donors (Lipinski definition) is 2. The molecule has 2 N–H and O–H groups in total. The minimum absolute atomic E-state index is 0.0725. The fourth-order valence-electron chi connectivity index (χ4n) is 4.57. The molecular weight excluding hydrogens is 530 g/mol. The Morgan fingerprint density at radius 1 is 0.900 bits per heavy atom. The Balaban J connectivity index is 1.21. The molecule has 4 aromatic carbocycles. The number of Topliss-reactive ketones (excluding diaryl/α,β-unsaturated/α-hetero) is 1. The maximum absolute atomic E-state index is 14.9. The van der Waals surface area contributed by atoms with E-state index in [1.54, 1.807) is 42.5 Å². The highest BCUT2D eigenvalue weighted by Gasteiger charge is 2.22. The van der Waals surface area contributed by atoms with Crippen molar-refractivity contribution in [3.05, 3.63) is 114 Å². The van der Waals surface area contributed by atoms with Gasteiger partial charge >= 0.3 is 5.97 Å². The highest BCUT2D eigenvalue weighted by Crippen LogP contribution is 2.31. The molecule has 1 heterocycles. The Kier molecular flexibility index (Phi) is 8.26. The summed E-state index contributed by atoms with van der Waals surface area (Å²) in [6, 6.07) is 25.6. The van der Waals surface area contributed by atoms with Gasteiger partial charge in [-0.2, -0.15) is 0 Å². The number of fused-ring (bicyclic) bond motifs is 1. The number of nitrogens with one attached hydrogen (secondary N) is 1. The van der Waals surface area contributed by atoms with E-state index in [4.69, 9.17) is 0 Å². The van der Waals surface area contributed by atoms with Crippen LogP contribution in [-0.4, -0.2) is 21.8 Å². The number of carboxylic acid groups (broad SMARTS) is 1. The van der Waals surface area contributed by atoms with Crippen LogP contribution in [-0.2, 0) is 11.2 Å². The molecule has 0 saturated heterocycles. The van der Waals surface area contributed by atoms with Crippen molar-refractivity contribution in [2.45, 2.75) is 25.7 Å². The van der Waals surface area contributed by atoms with Gasteiger partial charge in [0.05, 0.1) is 21.8 Å². The van der Waals surface area contributed by atoms with Crippen LogP contribution in [0.25, 0.3) is 21.3 Å². The molecule has 0 fully saturated rings. The number of carboxylic acids is 1. The van der Waals surface area contributed by atoms with Gasteiger partial charge in [-0.3, -0.25) is 9.59 Å². The molecule has 1 atom stereocenters. The molecule has 0 saturated carbocycles. The van der Waals surface area contributed by atoms with Crippen LogP contribution < -0.4 is 5.32 Å². The number of halogens is 2. The second kappa shape index (κ2) is 12.2. The van der Waals surface area contributed by atoms with Crippen LogP contribution in [0.2, 0.25) is 0 Å². The summed E-state index contributed by atoms with van der Waals surface area (Å²) in [6.45, 7) is 0. The standard InChI is InChI=1S/C32H26F2N2O3S/c33-25-14-16-30-28(19-25)36-32(40-30)35-27-15-13-23(17-26(27)34)21-9-11-22(12-10-21)29(37)18-24(31(38)39)8-4-7-20-5-2-1-3-6-20/h1-3,5-6,9-17,19,24H,4,7-8,18H2,(H,35,36)(H,38,39). The highest BCUT2D eigenvalue weighted by atomic mass is 32.1. The summed E-state index contributed by atoms with van der Waals surface area (Å²) < 4.78 is 29.2. The monoisotopic (exact) mass is 556 g/mol. The number of hydrogen-bond acceptors (Lipinski definition) is 5. The van der Waals surface area contributed by atoms with Crippen molar-refractivity contribution in [2.75, 3.05) is 5.32 Å². The van der Waals surface area contributed by atoms with Crippen LogP contribution in [0.4, 0.5) is 19.6 Å². The third-order valence-corrected chi connectivity index (χ3v) is 7.69. The topological polar surface area (TPSA) is 79.3 Å². The van der Waals surface area contributed by atoms with Crippen LogP contribution in [0.3, 0.4) is 0 Å². The third kappa shape index (κ3) is 6.58. The molecule has 5 rings (SSSR count).